The molecule has 2 N–H and O–H groups in total. The number of hydrogen-bond acceptors (Lipinski definition) is 6. The minimum Gasteiger partial charge on any atom is -0.336 e. The third-order valence-corrected chi connectivity index (χ3v) is 5.20. The number of carbonyl (C=O) groups excluding carboxylic acids is 2. The summed E-state index contributed by atoms with van der Waals surface area (Å²) in [6, 6.07) is 12.0. The number of carbonyl (C=O) groups is 2. The summed E-state index contributed by atoms with van der Waals surface area (Å²) in [6.07, 6.45) is 5.34. The quantitative estimate of drug-likeness (QED) is 0.505. The van der Waals surface area contributed by atoms with Gasteiger partial charge in [-0.25, -0.2) is 4.98 Å². The Morgan fingerprint density at radius 1 is 1.03 bits per heavy atom. The maximum Gasteiger partial charge on any atom is 0.259 e. The van der Waals surface area contributed by atoms with Crippen molar-refractivity contribution in [2.75, 3.05) is 10.6 Å². The summed E-state index contributed by atoms with van der Waals surface area (Å²) >= 11 is 0. The molecular weight excluding hydrogens is 394 g/mol. The Morgan fingerprint density at radius 2 is 1.81 bits per heavy atom. The topological polar surface area (TPSA) is 110 Å². The van der Waals surface area contributed by atoms with Crippen molar-refractivity contribution >= 4 is 34.3 Å². The molecule has 31 heavy (non-hydrogen) atoms. The number of hydrogen-bond donors (Lipinski definition) is 2. The lowest BCUT2D eigenvalue weighted by Crippen LogP contribution is -2.14. The molecule has 1 aliphatic rings. The number of rotatable bonds is 5. The molecular formula is C23H19N5O3. The minimum absolute atomic E-state index is 0.254. The zero-order chi connectivity index (χ0) is 21.4. The van der Waals surface area contributed by atoms with Crippen LogP contribution in [-0.4, -0.2) is 26.9 Å². The average Bonchev–Trinajstić information content (AvgIpc) is 3.57. The fraction of sp³-hybridized carbons (Fsp3) is 0.174. The van der Waals surface area contributed by atoms with Gasteiger partial charge in [-0.1, -0.05) is 5.16 Å². The number of pyridine rings is 2. The predicted molar refractivity (Wildman–Crippen MR) is 115 cm³/mol. The molecule has 0 saturated heterocycles. The number of amides is 2. The van der Waals surface area contributed by atoms with Gasteiger partial charge in [0.05, 0.1) is 28.5 Å². The zero-order valence-electron chi connectivity index (χ0n) is 16.8. The van der Waals surface area contributed by atoms with Gasteiger partial charge in [0, 0.05) is 29.1 Å². The first-order chi connectivity index (χ1) is 15.1. The van der Waals surface area contributed by atoms with Crippen LogP contribution in [0.15, 0.2) is 59.4 Å². The molecule has 154 valence electrons. The Balaban J connectivity index is 1.35. The highest BCUT2D eigenvalue weighted by molar-refractivity contribution is 6.12. The minimum atomic E-state index is -0.270. The Hall–Kier alpha value is -4.07. The molecule has 3 aromatic heterocycles. The van der Waals surface area contributed by atoms with Crippen LogP contribution < -0.4 is 10.6 Å². The van der Waals surface area contributed by atoms with E-state index in [1.807, 2.05) is 6.07 Å². The third kappa shape index (κ3) is 3.87. The molecule has 0 bridgehead atoms. The van der Waals surface area contributed by atoms with Gasteiger partial charge in [0.2, 0.25) is 0 Å². The summed E-state index contributed by atoms with van der Waals surface area (Å²) in [6.45, 7) is 1.79. The molecule has 1 saturated carbocycles. The highest BCUT2D eigenvalue weighted by Gasteiger charge is 2.28. The second kappa shape index (κ2) is 7.64. The van der Waals surface area contributed by atoms with Crippen LogP contribution in [0.2, 0.25) is 0 Å². The molecule has 8 nitrogen and oxygen atoms in total. The molecule has 3 heterocycles. The highest BCUT2D eigenvalue weighted by atomic mass is 16.5. The molecule has 2 amide bonds. The smallest absolute Gasteiger partial charge is 0.259 e. The number of aromatic nitrogens is 3. The third-order valence-electron chi connectivity index (χ3n) is 5.20. The molecule has 0 atom stereocenters. The first-order valence-electron chi connectivity index (χ1n) is 9.98. The molecule has 1 aromatic carbocycles. The van der Waals surface area contributed by atoms with Crippen molar-refractivity contribution < 1.29 is 14.1 Å². The molecule has 0 unspecified atom stereocenters. The van der Waals surface area contributed by atoms with Crippen molar-refractivity contribution in [2.45, 2.75) is 25.7 Å². The molecule has 0 spiro atoms. The number of benzene rings is 1. The highest BCUT2D eigenvalue weighted by Crippen LogP contribution is 2.40. The fourth-order valence-corrected chi connectivity index (χ4v) is 3.42. The maximum absolute atomic E-state index is 13.0. The van der Waals surface area contributed by atoms with E-state index in [4.69, 9.17) is 4.52 Å². The number of nitrogens with one attached hydrogen (secondary N) is 2. The van der Waals surface area contributed by atoms with Crippen LogP contribution in [0.4, 0.5) is 11.4 Å². The standard InChI is InChI=1S/C23H19N5O3/c1-13-20-18(11-19(14-4-5-14)27-23(20)31-28-13)22(30)25-16-8-6-15(7-9-16)21(29)26-17-3-2-10-24-12-17/h2-3,6-12,14H,4-5H2,1H3,(H,25,30)(H,26,29). The Morgan fingerprint density at radius 3 is 2.52 bits per heavy atom. The summed E-state index contributed by atoms with van der Waals surface area (Å²) in [5.74, 6) is -0.150. The van der Waals surface area contributed by atoms with Crippen LogP contribution in [0.3, 0.4) is 0 Å². The van der Waals surface area contributed by atoms with Gasteiger partial charge in [-0.3, -0.25) is 14.6 Å². The predicted octanol–water partition coefficient (Wildman–Crippen LogP) is 4.31. The van der Waals surface area contributed by atoms with E-state index >= 15 is 0 Å². The SMILES string of the molecule is Cc1noc2nc(C3CC3)cc(C(=O)Nc3ccc(C(=O)Nc4cccnc4)cc3)c12. The van der Waals surface area contributed by atoms with Gasteiger partial charge in [0.1, 0.15) is 0 Å². The van der Waals surface area contributed by atoms with Crippen LogP contribution in [-0.2, 0) is 0 Å². The van der Waals surface area contributed by atoms with Gasteiger partial charge in [-0.15, -0.1) is 0 Å². The molecule has 8 heteroatoms. The van der Waals surface area contributed by atoms with E-state index in [1.165, 1.54) is 0 Å². The Kier molecular flexibility index (Phi) is 4.66. The first kappa shape index (κ1) is 18.9. The second-order valence-electron chi connectivity index (χ2n) is 7.54. The monoisotopic (exact) mass is 413 g/mol. The van der Waals surface area contributed by atoms with Gasteiger partial charge < -0.3 is 15.2 Å². The van der Waals surface area contributed by atoms with Crippen LogP contribution in [0, 0.1) is 6.92 Å². The summed E-state index contributed by atoms with van der Waals surface area (Å²) < 4.78 is 5.31. The molecule has 0 aliphatic heterocycles. The van der Waals surface area contributed by atoms with Crippen molar-refractivity contribution in [3.63, 3.8) is 0 Å². The van der Waals surface area contributed by atoms with Crippen molar-refractivity contribution in [2.24, 2.45) is 0 Å². The number of nitrogens with zero attached hydrogens (tertiary/aromatic N) is 3. The number of aryl methyl sites for hydroxylation is 1. The lowest BCUT2D eigenvalue weighted by molar-refractivity contribution is 0.102. The van der Waals surface area contributed by atoms with Gasteiger partial charge in [-0.05, 0) is 62.2 Å². The van der Waals surface area contributed by atoms with Gasteiger partial charge >= 0.3 is 0 Å². The fourth-order valence-electron chi connectivity index (χ4n) is 3.42. The molecule has 1 fully saturated rings. The van der Waals surface area contributed by atoms with Crippen molar-refractivity contribution in [1.82, 2.24) is 15.1 Å². The van der Waals surface area contributed by atoms with E-state index in [9.17, 15) is 9.59 Å². The van der Waals surface area contributed by atoms with E-state index in [2.05, 4.69) is 25.8 Å². The summed E-state index contributed by atoms with van der Waals surface area (Å²) in [7, 11) is 0. The van der Waals surface area contributed by atoms with E-state index in [1.54, 1.807) is 55.7 Å². The summed E-state index contributed by atoms with van der Waals surface area (Å²) in [4.78, 5) is 33.9. The second-order valence-corrected chi connectivity index (χ2v) is 7.54. The van der Waals surface area contributed by atoms with Crippen molar-refractivity contribution in [1.29, 1.82) is 0 Å². The number of fused-ring (bicyclic) bond motifs is 1. The number of anilines is 2. The summed E-state index contributed by atoms with van der Waals surface area (Å²) in [5, 5.41) is 10.3. The normalized spacial score (nSPS) is 13.2. The zero-order valence-corrected chi connectivity index (χ0v) is 16.8. The van der Waals surface area contributed by atoms with Crippen LogP contribution in [0.1, 0.15) is 50.9 Å². The molecule has 1 aliphatic carbocycles. The van der Waals surface area contributed by atoms with Crippen molar-refractivity contribution in [3.05, 3.63) is 77.4 Å². The van der Waals surface area contributed by atoms with E-state index in [0.29, 0.717) is 45.2 Å². The lowest BCUT2D eigenvalue weighted by atomic mass is 10.1. The average molecular weight is 413 g/mol. The van der Waals surface area contributed by atoms with Gasteiger partial charge in [-0.2, -0.15) is 0 Å². The lowest BCUT2D eigenvalue weighted by Gasteiger charge is -2.09. The van der Waals surface area contributed by atoms with E-state index < -0.39 is 0 Å². The summed E-state index contributed by atoms with van der Waals surface area (Å²) in [5.41, 5.74) is 4.02. The van der Waals surface area contributed by atoms with Crippen LogP contribution >= 0.6 is 0 Å². The Labute approximate surface area is 177 Å². The largest absolute Gasteiger partial charge is 0.336 e. The maximum atomic E-state index is 13.0. The first-order valence-corrected chi connectivity index (χ1v) is 9.98. The molecule has 5 rings (SSSR count). The van der Waals surface area contributed by atoms with E-state index in [-0.39, 0.29) is 11.8 Å². The van der Waals surface area contributed by atoms with Gasteiger partial charge in [0.15, 0.2) is 0 Å². The van der Waals surface area contributed by atoms with Gasteiger partial charge in [0.25, 0.3) is 17.5 Å². The van der Waals surface area contributed by atoms with Crippen LogP contribution in [0.5, 0.6) is 0 Å². The van der Waals surface area contributed by atoms with Crippen LogP contribution in [0.25, 0.3) is 11.1 Å². The van der Waals surface area contributed by atoms with Crippen molar-refractivity contribution in [3.8, 4) is 0 Å². The Bertz CT molecular complexity index is 1280. The molecule has 4 aromatic rings. The van der Waals surface area contributed by atoms with E-state index in [0.717, 1.165) is 18.5 Å². The molecule has 0 radical (unpaired) electrons.